The van der Waals surface area contributed by atoms with E-state index in [1.54, 1.807) is 12.1 Å². The van der Waals surface area contributed by atoms with E-state index in [-0.39, 0.29) is 11.9 Å². The first-order valence-electron chi connectivity index (χ1n) is 5.98. The second-order valence-corrected chi connectivity index (χ2v) is 5.89. The minimum Gasteiger partial charge on any atom is -0.327 e. The lowest BCUT2D eigenvalue weighted by Crippen LogP contribution is -2.26. The molecule has 1 atom stereocenters. The molecular formula is C15H14BrClFN. The summed E-state index contributed by atoms with van der Waals surface area (Å²) < 4.78 is 14.7. The Bertz CT molecular complexity index is 574. The Hall–Kier alpha value is -0.900. The molecule has 1 nitrogen and oxygen atoms in total. The molecule has 2 aromatic carbocycles. The van der Waals surface area contributed by atoms with Gasteiger partial charge in [-0.05, 0) is 48.2 Å². The molecule has 0 heterocycles. The molecule has 0 radical (unpaired) electrons. The first kappa shape index (κ1) is 14.5. The van der Waals surface area contributed by atoms with Crippen molar-refractivity contribution >= 4 is 27.5 Å². The van der Waals surface area contributed by atoms with E-state index in [4.69, 9.17) is 17.3 Å². The summed E-state index contributed by atoms with van der Waals surface area (Å²) in [6, 6.07) is 12.6. The SMILES string of the molecule is NC(Cc1cccc(Br)c1)Cc1ccc(Cl)cc1F. The Kier molecular flexibility index (Phi) is 4.97. The Labute approximate surface area is 125 Å². The quantitative estimate of drug-likeness (QED) is 0.878. The van der Waals surface area contributed by atoms with Crippen molar-refractivity contribution in [1.29, 1.82) is 0 Å². The topological polar surface area (TPSA) is 26.0 Å². The van der Waals surface area contributed by atoms with Crippen LogP contribution in [0, 0.1) is 5.82 Å². The maximum atomic E-state index is 13.7. The van der Waals surface area contributed by atoms with Crippen molar-refractivity contribution in [3.05, 3.63) is 68.9 Å². The largest absolute Gasteiger partial charge is 0.327 e. The normalized spacial score (nSPS) is 12.4. The molecule has 0 aliphatic heterocycles. The average Bonchev–Trinajstić information content (AvgIpc) is 2.33. The summed E-state index contributed by atoms with van der Waals surface area (Å²) in [6.07, 6.45) is 1.21. The zero-order chi connectivity index (χ0) is 13.8. The molecule has 2 aromatic rings. The number of hydrogen-bond donors (Lipinski definition) is 1. The summed E-state index contributed by atoms with van der Waals surface area (Å²) in [5.74, 6) is -0.294. The highest BCUT2D eigenvalue weighted by Crippen LogP contribution is 2.18. The van der Waals surface area contributed by atoms with E-state index in [1.165, 1.54) is 6.07 Å². The predicted molar refractivity (Wildman–Crippen MR) is 80.9 cm³/mol. The van der Waals surface area contributed by atoms with Gasteiger partial charge in [0.2, 0.25) is 0 Å². The zero-order valence-corrected chi connectivity index (χ0v) is 12.6. The Morgan fingerprint density at radius 2 is 1.95 bits per heavy atom. The van der Waals surface area contributed by atoms with Gasteiger partial charge < -0.3 is 5.73 Å². The molecule has 2 N–H and O–H groups in total. The molecule has 4 heteroatoms. The van der Waals surface area contributed by atoms with Crippen molar-refractivity contribution in [1.82, 2.24) is 0 Å². The van der Waals surface area contributed by atoms with E-state index in [1.807, 2.05) is 24.3 Å². The van der Waals surface area contributed by atoms with Gasteiger partial charge in [0.25, 0.3) is 0 Å². The number of halogens is 3. The number of benzene rings is 2. The van der Waals surface area contributed by atoms with Crippen LogP contribution in [-0.2, 0) is 12.8 Å². The molecule has 0 aliphatic rings. The van der Waals surface area contributed by atoms with Crippen molar-refractivity contribution in [2.24, 2.45) is 5.73 Å². The fourth-order valence-corrected chi connectivity index (χ4v) is 2.61. The second kappa shape index (κ2) is 6.51. The standard InChI is InChI=1S/C15H14BrClFN/c16-12-3-1-2-10(6-12)7-14(19)8-11-4-5-13(17)9-15(11)18/h1-6,9,14H,7-8,19H2. The molecular weight excluding hydrogens is 329 g/mol. The molecule has 100 valence electrons. The second-order valence-electron chi connectivity index (χ2n) is 4.53. The van der Waals surface area contributed by atoms with Crippen molar-refractivity contribution in [3.63, 3.8) is 0 Å². The van der Waals surface area contributed by atoms with Crippen molar-refractivity contribution in [3.8, 4) is 0 Å². The summed E-state index contributed by atoms with van der Waals surface area (Å²) in [4.78, 5) is 0. The van der Waals surface area contributed by atoms with Crippen molar-refractivity contribution in [2.45, 2.75) is 18.9 Å². The Balaban J connectivity index is 2.03. The monoisotopic (exact) mass is 341 g/mol. The van der Waals surface area contributed by atoms with E-state index in [0.29, 0.717) is 23.4 Å². The van der Waals surface area contributed by atoms with Crippen LogP contribution in [0.5, 0.6) is 0 Å². The van der Waals surface area contributed by atoms with E-state index < -0.39 is 0 Å². The van der Waals surface area contributed by atoms with E-state index in [2.05, 4.69) is 15.9 Å². The Morgan fingerprint density at radius 3 is 2.63 bits per heavy atom. The van der Waals surface area contributed by atoms with Gasteiger partial charge in [-0.1, -0.05) is 45.7 Å². The van der Waals surface area contributed by atoms with Crippen LogP contribution in [0.4, 0.5) is 4.39 Å². The van der Waals surface area contributed by atoms with Crippen LogP contribution in [0.2, 0.25) is 5.02 Å². The van der Waals surface area contributed by atoms with Gasteiger partial charge in [0, 0.05) is 15.5 Å². The van der Waals surface area contributed by atoms with E-state index >= 15 is 0 Å². The van der Waals surface area contributed by atoms with Gasteiger partial charge in [-0.3, -0.25) is 0 Å². The minimum atomic E-state index is -0.294. The molecule has 0 aliphatic carbocycles. The third-order valence-electron chi connectivity index (χ3n) is 2.88. The smallest absolute Gasteiger partial charge is 0.127 e. The van der Waals surface area contributed by atoms with Crippen LogP contribution < -0.4 is 5.73 Å². The first-order valence-corrected chi connectivity index (χ1v) is 7.15. The molecule has 0 amide bonds. The van der Waals surface area contributed by atoms with Gasteiger partial charge in [-0.2, -0.15) is 0 Å². The zero-order valence-electron chi connectivity index (χ0n) is 10.2. The molecule has 0 saturated carbocycles. The fourth-order valence-electron chi connectivity index (χ4n) is 2.01. The summed E-state index contributed by atoms with van der Waals surface area (Å²) in [7, 11) is 0. The van der Waals surface area contributed by atoms with Crippen molar-refractivity contribution < 1.29 is 4.39 Å². The van der Waals surface area contributed by atoms with E-state index in [0.717, 1.165) is 10.0 Å². The lowest BCUT2D eigenvalue weighted by molar-refractivity contribution is 0.584. The Morgan fingerprint density at radius 1 is 1.16 bits per heavy atom. The predicted octanol–water partition coefficient (Wildman–Crippen LogP) is 4.35. The van der Waals surface area contributed by atoms with Gasteiger partial charge in [0.1, 0.15) is 5.82 Å². The van der Waals surface area contributed by atoms with Crippen LogP contribution in [-0.4, -0.2) is 6.04 Å². The van der Waals surface area contributed by atoms with Crippen LogP contribution >= 0.6 is 27.5 Å². The van der Waals surface area contributed by atoms with E-state index in [9.17, 15) is 4.39 Å². The summed E-state index contributed by atoms with van der Waals surface area (Å²) in [5.41, 5.74) is 7.82. The highest BCUT2D eigenvalue weighted by atomic mass is 79.9. The van der Waals surface area contributed by atoms with Gasteiger partial charge >= 0.3 is 0 Å². The molecule has 0 aromatic heterocycles. The highest BCUT2D eigenvalue weighted by molar-refractivity contribution is 9.10. The van der Waals surface area contributed by atoms with Crippen LogP contribution in [0.1, 0.15) is 11.1 Å². The maximum absolute atomic E-state index is 13.7. The molecule has 2 rings (SSSR count). The third kappa shape index (κ3) is 4.30. The van der Waals surface area contributed by atoms with Crippen LogP contribution in [0.15, 0.2) is 46.9 Å². The highest BCUT2D eigenvalue weighted by Gasteiger charge is 2.10. The molecule has 19 heavy (non-hydrogen) atoms. The molecule has 0 bridgehead atoms. The lowest BCUT2D eigenvalue weighted by Gasteiger charge is -2.13. The molecule has 0 saturated heterocycles. The summed E-state index contributed by atoms with van der Waals surface area (Å²) in [6.45, 7) is 0. The molecule has 1 unspecified atom stereocenters. The summed E-state index contributed by atoms with van der Waals surface area (Å²) in [5, 5.41) is 0.404. The first-order chi connectivity index (χ1) is 9.04. The molecule has 0 fully saturated rings. The number of hydrogen-bond acceptors (Lipinski definition) is 1. The van der Waals surface area contributed by atoms with Gasteiger partial charge in [0.15, 0.2) is 0 Å². The van der Waals surface area contributed by atoms with Gasteiger partial charge in [-0.15, -0.1) is 0 Å². The lowest BCUT2D eigenvalue weighted by atomic mass is 9.99. The van der Waals surface area contributed by atoms with Crippen LogP contribution in [0.25, 0.3) is 0 Å². The van der Waals surface area contributed by atoms with Gasteiger partial charge in [-0.25, -0.2) is 4.39 Å². The fraction of sp³-hybridized carbons (Fsp3) is 0.200. The van der Waals surface area contributed by atoms with Crippen molar-refractivity contribution in [2.75, 3.05) is 0 Å². The van der Waals surface area contributed by atoms with Gasteiger partial charge in [0.05, 0.1) is 0 Å². The summed E-state index contributed by atoms with van der Waals surface area (Å²) >= 11 is 9.15. The third-order valence-corrected chi connectivity index (χ3v) is 3.61. The minimum absolute atomic E-state index is 0.120. The number of rotatable bonds is 4. The molecule has 0 spiro atoms. The van der Waals surface area contributed by atoms with Crippen LogP contribution in [0.3, 0.4) is 0 Å². The average molecular weight is 343 g/mol. The number of nitrogens with two attached hydrogens (primary N) is 1. The maximum Gasteiger partial charge on any atom is 0.127 e.